The van der Waals surface area contributed by atoms with Gasteiger partial charge in [-0.05, 0) is 35.7 Å². The number of carbonyl (C=O) groups excluding carboxylic acids is 2. The summed E-state index contributed by atoms with van der Waals surface area (Å²) in [5.41, 5.74) is 1.06. The average molecular weight is 310 g/mol. The molecular weight excluding hydrogens is 288 g/mol. The van der Waals surface area contributed by atoms with Crippen molar-refractivity contribution in [3.8, 4) is 0 Å². The Kier molecular flexibility index (Phi) is 4.33. The molecule has 4 nitrogen and oxygen atoms in total. The average Bonchev–Trinajstić information content (AvgIpc) is 2.56. The largest absolute Gasteiger partial charge is 0.332 e. The van der Waals surface area contributed by atoms with Crippen LogP contribution in [0.1, 0.15) is 25.8 Å². The van der Waals surface area contributed by atoms with Gasteiger partial charge in [0.25, 0.3) is 0 Å². The highest BCUT2D eigenvalue weighted by atomic mass is 16.2. The number of amides is 2. The van der Waals surface area contributed by atoms with Crippen LogP contribution in [0.5, 0.6) is 0 Å². The second-order valence-corrected chi connectivity index (χ2v) is 6.14. The maximum Gasteiger partial charge on any atom is 0.245 e. The standard InChI is InChI=1S/C19H22N2O2/c1-3-10-20-13-18(22)21(14(2)19(20)23)12-15-8-9-16-6-4-5-7-17(16)11-15/h4-9,11,14H,3,10,12-13H2,1-2H3/t14-/m0/s1. The van der Waals surface area contributed by atoms with Gasteiger partial charge < -0.3 is 9.80 Å². The minimum Gasteiger partial charge on any atom is -0.332 e. The van der Waals surface area contributed by atoms with Crippen molar-refractivity contribution >= 4 is 22.6 Å². The molecule has 2 aromatic rings. The first kappa shape index (κ1) is 15.5. The van der Waals surface area contributed by atoms with E-state index in [-0.39, 0.29) is 18.4 Å². The first-order chi connectivity index (χ1) is 11.1. The molecule has 2 amide bonds. The Morgan fingerprint density at radius 3 is 2.57 bits per heavy atom. The molecule has 0 bridgehead atoms. The van der Waals surface area contributed by atoms with Gasteiger partial charge in [-0.1, -0.05) is 43.3 Å². The van der Waals surface area contributed by atoms with E-state index < -0.39 is 6.04 Å². The molecule has 4 heteroatoms. The van der Waals surface area contributed by atoms with Gasteiger partial charge in [0.2, 0.25) is 11.8 Å². The van der Waals surface area contributed by atoms with Gasteiger partial charge in [-0.15, -0.1) is 0 Å². The number of nitrogens with zero attached hydrogens (tertiary/aromatic N) is 2. The number of hydrogen-bond acceptors (Lipinski definition) is 2. The van der Waals surface area contributed by atoms with E-state index in [4.69, 9.17) is 0 Å². The Morgan fingerprint density at radius 2 is 1.83 bits per heavy atom. The molecule has 1 saturated heterocycles. The van der Waals surface area contributed by atoms with Crippen molar-refractivity contribution < 1.29 is 9.59 Å². The van der Waals surface area contributed by atoms with Crippen LogP contribution in [0.4, 0.5) is 0 Å². The first-order valence-corrected chi connectivity index (χ1v) is 8.16. The predicted octanol–water partition coefficient (Wildman–Crippen LogP) is 2.81. The molecule has 1 heterocycles. The van der Waals surface area contributed by atoms with Gasteiger partial charge in [-0.2, -0.15) is 0 Å². The van der Waals surface area contributed by atoms with Gasteiger partial charge in [0.05, 0.1) is 6.54 Å². The maximum absolute atomic E-state index is 12.4. The van der Waals surface area contributed by atoms with Crippen LogP contribution in [0.3, 0.4) is 0 Å². The fourth-order valence-electron chi connectivity index (χ4n) is 3.16. The summed E-state index contributed by atoms with van der Waals surface area (Å²) >= 11 is 0. The normalized spacial score (nSPS) is 18.8. The second-order valence-electron chi connectivity index (χ2n) is 6.14. The van der Waals surface area contributed by atoms with Crippen molar-refractivity contribution in [2.75, 3.05) is 13.1 Å². The smallest absolute Gasteiger partial charge is 0.245 e. The van der Waals surface area contributed by atoms with Gasteiger partial charge in [-0.3, -0.25) is 9.59 Å². The van der Waals surface area contributed by atoms with Gasteiger partial charge in [0.15, 0.2) is 0 Å². The third kappa shape index (κ3) is 3.07. The molecule has 0 N–H and O–H groups in total. The predicted molar refractivity (Wildman–Crippen MR) is 90.8 cm³/mol. The van der Waals surface area contributed by atoms with E-state index >= 15 is 0 Å². The molecule has 0 radical (unpaired) electrons. The lowest BCUT2D eigenvalue weighted by Crippen LogP contribution is -2.58. The summed E-state index contributed by atoms with van der Waals surface area (Å²) in [6, 6.07) is 14.0. The Labute approximate surface area is 136 Å². The first-order valence-electron chi connectivity index (χ1n) is 8.16. The van der Waals surface area contributed by atoms with Crippen LogP contribution in [0.15, 0.2) is 42.5 Å². The van der Waals surface area contributed by atoms with E-state index in [2.05, 4.69) is 24.3 Å². The molecular formula is C19H22N2O2. The van der Waals surface area contributed by atoms with Gasteiger partial charge in [0.1, 0.15) is 6.04 Å². The van der Waals surface area contributed by atoms with Crippen LogP contribution in [0.25, 0.3) is 10.8 Å². The van der Waals surface area contributed by atoms with Crippen LogP contribution >= 0.6 is 0 Å². The van der Waals surface area contributed by atoms with E-state index in [1.807, 2.05) is 32.0 Å². The van der Waals surface area contributed by atoms with Gasteiger partial charge in [0, 0.05) is 13.1 Å². The molecule has 120 valence electrons. The Morgan fingerprint density at radius 1 is 1.09 bits per heavy atom. The highest BCUT2D eigenvalue weighted by Gasteiger charge is 2.35. The second kappa shape index (κ2) is 6.41. The summed E-state index contributed by atoms with van der Waals surface area (Å²) < 4.78 is 0. The Hall–Kier alpha value is -2.36. The lowest BCUT2D eigenvalue weighted by atomic mass is 10.1. The van der Waals surface area contributed by atoms with Crippen LogP contribution < -0.4 is 0 Å². The molecule has 3 rings (SSSR count). The highest BCUT2D eigenvalue weighted by molar-refractivity contribution is 5.94. The highest BCUT2D eigenvalue weighted by Crippen LogP contribution is 2.20. The molecule has 0 aliphatic carbocycles. The summed E-state index contributed by atoms with van der Waals surface area (Å²) in [6.45, 7) is 5.17. The Bertz CT molecular complexity index is 741. The number of benzene rings is 2. The van der Waals surface area contributed by atoms with E-state index in [1.165, 1.54) is 5.39 Å². The molecule has 23 heavy (non-hydrogen) atoms. The van der Waals surface area contributed by atoms with E-state index in [0.29, 0.717) is 13.1 Å². The molecule has 0 unspecified atom stereocenters. The zero-order valence-corrected chi connectivity index (χ0v) is 13.7. The van der Waals surface area contributed by atoms with E-state index in [9.17, 15) is 9.59 Å². The van der Waals surface area contributed by atoms with Crippen molar-refractivity contribution in [1.82, 2.24) is 9.80 Å². The quantitative estimate of drug-likeness (QED) is 0.871. The van der Waals surface area contributed by atoms with Crippen LogP contribution in [-0.4, -0.2) is 40.7 Å². The zero-order chi connectivity index (χ0) is 16.4. The molecule has 0 saturated carbocycles. The molecule has 1 aliphatic rings. The van der Waals surface area contributed by atoms with Crippen molar-refractivity contribution in [1.29, 1.82) is 0 Å². The minimum atomic E-state index is -0.394. The molecule has 2 aromatic carbocycles. The minimum absolute atomic E-state index is 0.0266. The maximum atomic E-state index is 12.4. The monoisotopic (exact) mass is 310 g/mol. The lowest BCUT2D eigenvalue weighted by molar-refractivity contribution is -0.155. The lowest BCUT2D eigenvalue weighted by Gasteiger charge is -2.38. The fraction of sp³-hybridized carbons (Fsp3) is 0.368. The third-order valence-corrected chi connectivity index (χ3v) is 4.44. The van der Waals surface area contributed by atoms with Crippen molar-refractivity contribution in [2.45, 2.75) is 32.9 Å². The van der Waals surface area contributed by atoms with E-state index in [1.54, 1.807) is 9.80 Å². The fourth-order valence-corrected chi connectivity index (χ4v) is 3.16. The van der Waals surface area contributed by atoms with E-state index in [0.717, 1.165) is 17.4 Å². The summed E-state index contributed by atoms with van der Waals surface area (Å²) in [5, 5.41) is 2.33. The van der Waals surface area contributed by atoms with Crippen molar-refractivity contribution in [3.63, 3.8) is 0 Å². The molecule has 1 aliphatic heterocycles. The number of fused-ring (bicyclic) bond motifs is 1. The third-order valence-electron chi connectivity index (χ3n) is 4.44. The van der Waals surface area contributed by atoms with Crippen molar-refractivity contribution in [3.05, 3.63) is 48.0 Å². The number of carbonyl (C=O) groups is 2. The van der Waals surface area contributed by atoms with Gasteiger partial charge in [-0.25, -0.2) is 0 Å². The summed E-state index contributed by atoms with van der Waals surface area (Å²) in [5.74, 6) is 0.0750. The number of piperazine rings is 1. The van der Waals surface area contributed by atoms with Crippen LogP contribution in [0, 0.1) is 0 Å². The molecule has 1 atom stereocenters. The zero-order valence-electron chi connectivity index (χ0n) is 13.7. The van der Waals surface area contributed by atoms with Crippen LogP contribution in [0.2, 0.25) is 0 Å². The SMILES string of the molecule is CCCN1CC(=O)N(Cc2ccc3ccccc3c2)[C@@H](C)C1=O. The number of rotatable bonds is 4. The molecule has 0 aromatic heterocycles. The summed E-state index contributed by atoms with van der Waals surface area (Å²) in [4.78, 5) is 28.2. The van der Waals surface area contributed by atoms with Crippen LogP contribution in [-0.2, 0) is 16.1 Å². The summed E-state index contributed by atoms with van der Waals surface area (Å²) in [7, 11) is 0. The Balaban J connectivity index is 1.80. The summed E-state index contributed by atoms with van der Waals surface area (Å²) in [6.07, 6.45) is 0.871. The number of hydrogen-bond donors (Lipinski definition) is 0. The topological polar surface area (TPSA) is 40.6 Å². The van der Waals surface area contributed by atoms with Gasteiger partial charge >= 0.3 is 0 Å². The van der Waals surface area contributed by atoms with Crippen molar-refractivity contribution in [2.24, 2.45) is 0 Å². The molecule has 1 fully saturated rings. The molecule has 0 spiro atoms.